The van der Waals surface area contributed by atoms with Crippen LogP contribution in [0.3, 0.4) is 0 Å². The molecule has 0 fully saturated rings. The number of benzene rings is 1. The van der Waals surface area contributed by atoms with Gasteiger partial charge >= 0.3 is 0 Å². The highest BCUT2D eigenvalue weighted by Gasteiger charge is 2.17. The molecule has 2 aromatic rings. The van der Waals surface area contributed by atoms with Gasteiger partial charge in [0.1, 0.15) is 16.5 Å². The number of phenolic OH excluding ortho intramolecular Hbond substituents is 1. The van der Waals surface area contributed by atoms with Gasteiger partial charge in [0, 0.05) is 6.07 Å². The van der Waals surface area contributed by atoms with Crippen molar-refractivity contribution in [1.82, 2.24) is 15.5 Å². The molecule has 1 atom stereocenters. The number of nitrogens with zero attached hydrogens (tertiary/aromatic N) is 2. The van der Waals surface area contributed by atoms with Gasteiger partial charge in [-0.25, -0.2) is 0 Å². The first-order valence-corrected chi connectivity index (χ1v) is 6.59. The van der Waals surface area contributed by atoms with E-state index in [0.29, 0.717) is 15.9 Å². The van der Waals surface area contributed by atoms with E-state index in [0.717, 1.165) is 0 Å². The lowest BCUT2D eigenvalue weighted by Gasteiger charge is -2.12. The minimum Gasteiger partial charge on any atom is -0.507 e. The van der Waals surface area contributed by atoms with Crippen molar-refractivity contribution in [1.29, 1.82) is 0 Å². The summed E-state index contributed by atoms with van der Waals surface area (Å²) in [7, 11) is 1.48. The van der Waals surface area contributed by atoms with Crippen molar-refractivity contribution in [2.75, 3.05) is 12.8 Å². The van der Waals surface area contributed by atoms with Crippen LogP contribution in [-0.4, -0.2) is 28.3 Å². The molecule has 106 valence electrons. The zero-order chi connectivity index (χ0) is 14.7. The summed E-state index contributed by atoms with van der Waals surface area (Å²) in [6.07, 6.45) is 0. The van der Waals surface area contributed by atoms with Crippen molar-refractivity contribution in [2.24, 2.45) is 0 Å². The molecule has 0 unspecified atom stereocenters. The lowest BCUT2D eigenvalue weighted by molar-refractivity contribution is 0.0937. The van der Waals surface area contributed by atoms with Gasteiger partial charge in [-0.05, 0) is 19.1 Å². The van der Waals surface area contributed by atoms with Crippen LogP contribution in [0.15, 0.2) is 18.2 Å². The summed E-state index contributed by atoms with van der Waals surface area (Å²) < 4.78 is 4.96. The van der Waals surface area contributed by atoms with Gasteiger partial charge in [-0.2, -0.15) is 0 Å². The average molecular weight is 294 g/mol. The van der Waals surface area contributed by atoms with E-state index in [4.69, 9.17) is 10.5 Å². The predicted molar refractivity (Wildman–Crippen MR) is 74.9 cm³/mol. The Hall–Kier alpha value is -2.35. The third-order valence-corrected chi connectivity index (χ3v) is 3.56. The van der Waals surface area contributed by atoms with Crippen molar-refractivity contribution < 1.29 is 14.6 Å². The van der Waals surface area contributed by atoms with E-state index in [-0.39, 0.29) is 17.4 Å². The quantitative estimate of drug-likeness (QED) is 0.784. The fraction of sp³-hybridized carbons (Fsp3) is 0.250. The van der Waals surface area contributed by atoms with Gasteiger partial charge in [-0.1, -0.05) is 11.3 Å². The minimum atomic E-state index is -0.411. The van der Waals surface area contributed by atoms with Gasteiger partial charge in [-0.15, -0.1) is 10.2 Å². The second-order valence-corrected chi connectivity index (χ2v) is 5.10. The summed E-state index contributed by atoms with van der Waals surface area (Å²) >= 11 is 1.20. The summed E-state index contributed by atoms with van der Waals surface area (Å²) in [6.45, 7) is 1.76. The van der Waals surface area contributed by atoms with E-state index in [1.165, 1.54) is 30.6 Å². The predicted octanol–water partition coefficient (Wildman–Crippen LogP) is 1.33. The van der Waals surface area contributed by atoms with Crippen LogP contribution in [0, 0.1) is 0 Å². The molecule has 0 aliphatic rings. The molecular formula is C12H14N4O3S. The number of methoxy groups -OCH3 is 1. The third-order valence-electron chi connectivity index (χ3n) is 2.62. The Morgan fingerprint density at radius 2 is 2.25 bits per heavy atom. The van der Waals surface area contributed by atoms with E-state index in [2.05, 4.69) is 15.5 Å². The number of ether oxygens (including phenoxy) is 1. The molecule has 1 heterocycles. The Labute approximate surface area is 119 Å². The lowest BCUT2D eigenvalue weighted by atomic mass is 10.1. The fourth-order valence-electron chi connectivity index (χ4n) is 1.59. The molecule has 4 N–H and O–H groups in total. The highest BCUT2D eigenvalue weighted by Crippen LogP contribution is 2.25. The molecule has 8 heteroatoms. The third kappa shape index (κ3) is 2.97. The zero-order valence-corrected chi connectivity index (χ0v) is 11.8. The Kier molecular flexibility index (Phi) is 4.04. The Bertz CT molecular complexity index is 629. The Morgan fingerprint density at radius 3 is 2.80 bits per heavy atom. The molecule has 0 saturated carbocycles. The number of carbonyl (C=O) groups is 1. The summed E-state index contributed by atoms with van der Waals surface area (Å²) in [5, 5.41) is 21.0. The van der Waals surface area contributed by atoms with E-state index in [9.17, 15) is 9.90 Å². The van der Waals surface area contributed by atoms with Crippen LogP contribution >= 0.6 is 11.3 Å². The fourth-order valence-corrected chi connectivity index (χ4v) is 2.20. The van der Waals surface area contributed by atoms with Crippen molar-refractivity contribution >= 4 is 22.4 Å². The first-order chi connectivity index (χ1) is 9.51. The minimum absolute atomic E-state index is 0.147. The molecule has 0 bridgehead atoms. The van der Waals surface area contributed by atoms with E-state index in [1.807, 2.05) is 0 Å². The van der Waals surface area contributed by atoms with Crippen LogP contribution in [0.4, 0.5) is 5.13 Å². The van der Waals surface area contributed by atoms with Gasteiger partial charge < -0.3 is 20.9 Å². The second kappa shape index (κ2) is 5.74. The number of aromatic nitrogens is 2. The van der Waals surface area contributed by atoms with Crippen LogP contribution in [0.1, 0.15) is 28.3 Å². The Morgan fingerprint density at radius 1 is 1.50 bits per heavy atom. The smallest absolute Gasteiger partial charge is 0.255 e. The highest BCUT2D eigenvalue weighted by molar-refractivity contribution is 7.15. The number of nitrogens with two attached hydrogens (primary N) is 1. The molecule has 20 heavy (non-hydrogen) atoms. The normalized spacial score (nSPS) is 11.9. The van der Waals surface area contributed by atoms with Gasteiger partial charge in [0.25, 0.3) is 5.91 Å². The van der Waals surface area contributed by atoms with Crippen LogP contribution in [-0.2, 0) is 0 Å². The summed E-state index contributed by atoms with van der Waals surface area (Å²) in [5.74, 6) is -0.0822. The molecule has 0 radical (unpaired) electrons. The number of anilines is 1. The number of aromatic hydroxyl groups is 1. The van der Waals surface area contributed by atoms with Gasteiger partial charge in [-0.3, -0.25) is 4.79 Å². The summed E-state index contributed by atoms with van der Waals surface area (Å²) in [6, 6.07) is 4.12. The SMILES string of the molecule is COc1ccc(C(=O)N[C@H](C)c2nnc(N)s2)c(O)c1. The second-order valence-electron chi connectivity index (χ2n) is 4.06. The molecule has 1 aromatic heterocycles. The number of hydrogen-bond acceptors (Lipinski definition) is 7. The molecule has 1 aromatic carbocycles. The average Bonchev–Trinajstić information content (AvgIpc) is 2.85. The van der Waals surface area contributed by atoms with Crippen LogP contribution in [0.2, 0.25) is 0 Å². The molecule has 7 nitrogen and oxygen atoms in total. The number of nitrogen functional groups attached to an aromatic ring is 1. The molecule has 0 saturated heterocycles. The number of carbonyl (C=O) groups excluding carboxylic acids is 1. The van der Waals surface area contributed by atoms with Gasteiger partial charge in [0.05, 0.1) is 18.7 Å². The van der Waals surface area contributed by atoms with E-state index < -0.39 is 5.91 Å². The van der Waals surface area contributed by atoms with Crippen molar-refractivity contribution in [3.8, 4) is 11.5 Å². The molecule has 1 amide bonds. The van der Waals surface area contributed by atoms with Crippen LogP contribution < -0.4 is 15.8 Å². The maximum absolute atomic E-state index is 12.1. The highest BCUT2D eigenvalue weighted by atomic mass is 32.1. The first kappa shape index (κ1) is 14.1. The zero-order valence-electron chi connectivity index (χ0n) is 11.0. The monoisotopic (exact) mass is 294 g/mol. The van der Waals surface area contributed by atoms with Crippen molar-refractivity contribution in [3.05, 3.63) is 28.8 Å². The number of rotatable bonds is 4. The standard InChI is InChI=1S/C12H14N4O3S/c1-6(11-15-16-12(13)20-11)14-10(18)8-4-3-7(19-2)5-9(8)17/h3-6,17H,1-2H3,(H2,13,16)(H,14,18)/t6-/m1/s1. The molecule has 0 aliphatic heterocycles. The van der Waals surface area contributed by atoms with E-state index in [1.54, 1.807) is 13.0 Å². The molecule has 0 spiro atoms. The largest absolute Gasteiger partial charge is 0.507 e. The van der Waals surface area contributed by atoms with E-state index >= 15 is 0 Å². The molecule has 0 aliphatic carbocycles. The number of nitrogens with one attached hydrogen (secondary N) is 1. The lowest BCUT2D eigenvalue weighted by Crippen LogP contribution is -2.26. The van der Waals surface area contributed by atoms with Crippen molar-refractivity contribution in [3.63, 3.8) is 0 Å². The number of amides is 1. The van der Waals surface area contributed by atoms with Crippen LogP contribution in [0.5, 0.6) is 11.5 Å². The maximum atomic E-state index is 12.1. The van der Waals surface area contributed by atoms with Crippen molar-refractivity contribution in [2.45, 2.75) is 13.0 Å². The van der Waals surface area contributed by atoms with Gasteiger partial charge in [0.15, 0.2) is 0 Å². The molecular weight excluding hydrogens is 280 g/mol. The first-order valence-electron chi connectivity index (χ1n) is 5.78. The number of hydrogen-bond donors (Lipinski definition) is 3. The van der Waals surface area contributed by atoms with Crippen LogP contribution in [0.25, 0.3) is 0 Å². The topological polar surface area (TPSA) is 110 Å². The summed E-state index contributed by atoms with van der Waals surface area (Å²) in [4.78, 5) is 12.1. The summed E-state index contributed by atoms with van der Waals surface area (Å²) in [5.41, 5.74) is 5.65. The van der Waals surface area contributed by atoms with Gasteiger partial charge in [0.2, 0.25) is 5.13 Å². The Balaban J connectivity index is 2.12. The number of phenols is 1. The maximum Gasteiger partial charge on any atom is 0.255 e. The molecule has 2 rings (SSSR count).